The van der Waals surface area contributed by atoms with Crippen LogP contribution in [-0.2, 0) is 0 Å². The first-order valence-corrected chi connectivity index (χ1v) is 6.49. The molecule has 3 heteroatoms. The highest BCUT2D eigenvalue weighted by atomic mass is 15.0. The zero-order valence-corrected chi connectivity index (χ0v) is 10.7. The molecule has 0 fully saturated rings. The van der Waals surface area contributed by atoms with E-state index in [1.165, 1.54) is 19.3 Å². The van der Waals surface area contributed by atoms with Crippen molar-refractivity contribution < 1.29 is 0 Å². The van der Waals surface area contributed by atoms with Crippen LogP contribution in [0.15, 0.2) is 24.0 Å². The molecule has 0 aromatic carbocycles. The number of nitrogens with zero attached hydrogens (tertiary/aromatic N) is 2. The Labute approximate surface area is 103 Å². The molecule has 1 aliphatic carbocycles. The highest BCUT2D eigenvalue weighted by Crippen LogP contribution is 2.20. The number of hydrogen-bond acceptors (Lipinski definition) is 3. The van der Waals surface area contributed by atoms with Crippen LogP contribution in [-0.4, -0.2) is 16.5 Å². The maximum atomic E-state index is 4.26. The Kier molecular flexibility index (Phi) is 4.13. The molecule has 2 rings (SSSR count). The fourth-order valence-electron chi connectivity index (χ4n) is 2.10. The first-order chi connectivity index (χ1) is 8.25. The molecule has 1 aromatic heterocycles. The molecule has 1 heterocycles. The zero-order chi connectivity index (χ0) is 12.1. The summed E-state index contributed by atoms with van der Waals surface area (Å²) in [6, 6.07) is 2.05. The van der Waals surface area contributed by atoms with E-state index in [4.69, 9.17) is 0 Å². The van der Waals surface area contributed by atoms with Crippen molar-refractivity contribution in [3.8, 4) is 0 Å². The third-order valence-corrected chi connectivity index (χ3v) is 3.17. The molecule has 0 radical (unpaired) electrons. The Hall–Kier alpha value is -1.38. The SMILES string of the molecule is CC(C)c1cc(NCCC2=CCCC2)ncn1. The number of hydrogen-bond donors (Lipinski definition) is 1. The van der Waals surface area contributed by atoms with Gasteiger partial charge in [-0.05, 0) is 31.6 Å². The highest BCUT2D eigenvalue weighted by Gasteiger charge is 2.05. The number of allylic oxidation sites excluding steroid dienone is 1. The van der Waals surface area contributed by atoms with Crippen molar-refractivity contribution in [2.75, 3.05) is 11.9 Å². The van der Waals surface area contributed by atoms with Gasteiger partial charge in [0.1, 0.15) is 12.1 Å². The third kappa shape index (κ3) is 3.55. The molecular formula is C14H21N3. The van der Waals surface area contributed by atoms with Crippen molar-refractivity contribution in [3.63, 3.8) is 0 Å². The molecule has 0 unspecified atom stereocenters. The fraction of sp³-hybridized carbons (Fsp3) is 0.571. The molecule has 0 spiro atoms. The van der Waals surface area contributed by atoms with Crippen LogP contribution < -0.4 is 5.32 Å². The molecule has 0 saturated heterocycles. The van der Waals surface area contributed by atoms with E-state index < -0.39 is 0 Å². The van der Waals surface area contributed by atoms with Crippen molar-refractivity contribution >= 4 is 5.82 Å². The Balaban J connectivity index is 1.83. The summed E-state index contributed by atoms with van der Waals surface area (Å²) < 4.78 is 0. The number of aromatic nitrogens is 2. The van der Waals surface area contributed by atoms with Gasteiger partial charge in [-0.1, -0.05) is 25.5 Å². The lowest BCUT2D eigenvalue weighted by atomic mass is 10.1. The molecule has 0 bridgehead atoms. The average molecular weight is 231 g/mol. The van der Waals surface area contributed by atoms with Crippen molar-refractivity contribution in [2.24, 2.45) is 0 Å². The van der Waals surface area contributed by atoms with Gasteiger partial charge in [-0.2, -0.15) is 0 Å². The fourth-order valence-corrected chi connectivity index (χ4v) is 2.10. The second-order valence-corrected chi connectivity index (χ2v) is 4.91. The van der Waals surface area contributed by atoms with Crippen LogP contribution in [0.3, 0.4) is 0 Å². The minimum atomic E-state index is 0.455. The summed E-state index contributed by atoms with van der Waals surface area (Å²) in [5.41, 5.74) is 2.69. The monoisotopic (exact) mass is 231 g/mol. The normalized spacial score (nSPS) is 15.1. The van der Waals surface area contributed by atoms with Crippen LogP contribution in [0.2, 0.25) is 0 Å². The van der Waals surface area contributed by atoms with E-state index in [0.29, 0.717) is 5.92 Å². The largest absolute Gasteiger partial charge is 0.370 e. The van der Waals surface area contributed by atoms with Gasteiger partial charge in [0.2, 0.25) is 0 Å². The van der Waals surface area contributed by atoms with Gasteiger partial charge in [0.05, 0.1) is 0 Å². The third-order valence-electron chi connectivity index (χ3n) is 3.17. The van der Waals surface area contributed by atoms with Gasteiger partial charge in [-0.15, -0.1) is 0 Å². The molecular weight excluding hydrogens is 210 g/mol. The molecule has 0 saturated carbocycles. The van der Waals surface area contributed by atoms with Crippen molar-refractivity contribution in [3.05, 3.63) is 29.7 Å². The molecule has 1 N–H and O–H groups in total. The van der Waals surface area contributed by atoms with Crippen LogP contribution in [0.4, 0.5) is 5.82 Å². The highest BCUT2D eigenvalue weighted by molar-refractivity contribution is 5.35. The van der Waals surface area contributed by atoms with Crippen LogP contribution in [0.5, 0.6) is 0 Å². The Morgan fingerprint density at radius 1 is 1.35 bits per heavy atom. The standard InChI is InChI=1S/C14H21N3/c1-11(2)13-9-14(17-10-16-13)15-8-7-12-5-3-4-6-12/h5,9-11H,3-4,6-8H2,1-2H3,(H,15,16,17). The summed E-state index contributed by atoms with van der Waals surface area (Å²) in [5, 5.41) is 3.37. The Morgan fingerprint density at radius 3 is 2.94 bits per heavy atom. The summed E-state index contributed by atoms with van der Waals surface area (Å²) >= 11 is 0. The lowest BCUT2D eigenvalue weighted by molar-refractivity contribution is 0.812. The second kappa shape index (κ2) is 5.80. The lowest BCUT2D eigenvalue weighted by Gasteiger charge is -2.08. The minimum Gasteiger partial charge on any atom is -0.370 e. The first-order valence-electron chi connectivity index (χ1n) is 6.49. The summed E-state index contributed by atoms with van der Waals surface area (Å²) in [4.78, 5) is 8.51. The quantitative estimate of drug-likeness (QED) is 0.788. The average Bonchev–Trinajstić information content (AvgIpc) is 2.82. The predicted octanol–water partition coefficient (Wildman–Crippen LogP) is 3.51. The van der Waals surface area contributed by atoms with E-state index in [2.05, 4.69) is 35.2 Å². The molecule has 1 aromatic rings. The Morgan fingerprint density at radius 2 is 2.24 bits per heavy atom. The van der Waals surface area contributed by atoms with Gasteiger partial charge < -0.3 is 5.32 Å². The maximum Gasteiger partial charge on any atom is 0.129 e. The van der Waals surface area contributed by atoms with E-state index in [1.54, 1.807) is 11.9 Å². The summed E-state index contributed by atoms with van der Waals surface area (Å²) in [7, 11) is 0. The molecule has 0 aliphatic heterocycles. The summed E-state index contributed by atoms with van der Waals surface area (Å²) in [6.07, 6.45) is 9.04. The molecule has 0 atom stereocenters. The number of anilines is 1. The van der Waals surface area contributed by atoms with Crippen molar-refractivity contribution in [1.82, 2.24) is 9.97 Å². The van der Waals surface area contributed by atoms with Crippen LogP contribution >= 0.6 is 0 Å². The molecule has 1 aliphatic rings. The van der Waals surface area contributed by atoms with Crippen LogP contribution in [0, 0.1) is 0 Å². The molecule has 17 heavy (non-hydrogen) atoms. The molecule has 0 amide bonds. The van der Waals surface area contributed by atoms with E-state index in [0.717, 1.165) is 24.5 Å². The zero-order valence-electron chi connectivity index (χ0n) is 10.7. The summed E-state index contributed by atoms with van der Waals surface area (Å²) in [5.74, 6) is 1.40. The number of nitrogens with one attached hydrogen (secondary N) is 1. The smallest absolute Gasteiger partial charge is 0.129 e. The molecule has 3 nitrogen and oxygen atoms in total. The van der Waals surface area contributed by atoms with Gasteiger partial charge in [-0.3, -0.25) is 0 Å². The number of rotatable bonds is 5. The van der Waals surface area contributed by atoms with Gasteiger partial charge in [0, 0.05) is 18.3 Å². The Bertz CT molecular complexity index is 396. The lowest BCUT2D eigenvalue weighted by Crippen LogP contribution is -2.05. The second-order valence-electron chi connectivity index (χ2n) is 4.91. The summed E-state index contributed by atoms with van der Waals surface area (Å²) in [6.45, 7) is 5.27. The molecule has 92 valence electrons. The predicted molar refractivity (Wildman–Crippen MR) is 71.2 cm³/mol. The van der Waals surface area contributed by atoms with E-state index >= 15 is 0 Å². The van der Waals surface area contributed by atoms with Crippen molar-refractivity contribution in [2.45, 2.75) is 45.4 Å². The minimum absolute atomic E-state index is 0.455. The van der Waals surface area contributed by atoms with E-state index in [1.807, 2.05) is 6.07 Å². The van der Waals surface area contributed by atoms with Gasteiger partial charge in [0.25, 0.3) is 0 Å². The van der Waals surface area contributed by atoms with Gasteiger partial charge in [-0.25, -0.2) is 9.97 Å². The van der Waals surface area contributed by atoms with Crippen LogP contribution in [0.25, 0.3) is 0 Å². The van der Waals surface area contributed by atoms with Crippen molar-refractivity contribution in [1.29, 1.82) is 0 Å². The van der Waals surface area contributed by atoms with Gasteiger partial charge >= 0.3 is 0 Å². The van der Waals surface area contributed by atoms with E-state index in [-0.39, 0.29) is 0 Å². The van der Waals surface area contributed by atoms with Gasteiger partial charge in [0.15, 0.2) is 0 Å². The van der Waals surface area contributed by atoms with E-state index in [9.17, 15) is 0 Å². The first kappa shape index (κ1) is 12.1. The topological polar surface area (TPSA) is 37.8 Å². The maximum absolute atomic E-state index is 4.26. The van der Waals surface area contributed by atoms with Crippen LogP contribution in [0.1, 0.15) is 51.1 Å².